The molecule has 6 rings (SSSR count). The fourth-order valence-corrected chi connectivity index (χ4v) is 5.54. The summed E-state index contributed by atoms with van der Waals surface area (Å²) in [6.07, 6.45) is 0.0957. The van der Waals surface area contributed by atoms with Crippen LogP contribution in [0.2, 0.25) is 0 Å². The number of nitrogens with one attached hydrogen (secondary N) is 2. The normalized spacial score (nSPS) is 11.4. The topological polar surface area (TPSA) is 132 Å². The highest BCUT2D eigenvalue weighted by Gasteiger charge is 2.22. The molecular formula is C32H29N5O5. The minimum Gasteiger partial charge on any atom is -0.496 e. The molecule has 42 heavy (non-hydrogen) atoms. The van der Waals surface area contributed by atoms with Gasteiger partial charge in [0.25, 0.3) is 5.91 Å². The van der Waals surface area contributed by atoms with Crippen LogP contribution >= 0.6 is 0 Å². The van der Waals surface area contributed by atoms with Crippen molar-refractivity contribution >= 4 is 44.6 Å². The quantitative estimate of drug-likeness (QED) is 0.233. The number of esters is 1. The van der Waals surface area contributed by atoms with Crippen molar-refractivity contribution in [2.45, 2.75) is 27.2 Å². The molecule has 0 saturated carbocycles. The lowest BCUT2D eigenvalue weighted by molar-refractivity contribution is -0.140. The van der Waals surface area contributed by atoms with Crippen LogP contribution < -0.4 is 10.1 Å². The first kappa shape index (κ1) is 26.9. The summed E-state index contributed by atoms with van der Waals surface area (Å²) in [6.45, 7) is 5.82. The number of carbonyl (C=O) groups excluding carboxylic acids is 2. The number of methoxy groups -OCH3 is 2. The Morgan fingerprint density at radius 1 is 0.952 bits per heavy atom. The summed E-state index contributed by atoms with van der Waals surface area (Å²) in [5.74, 6) is 1.34. The van der Waals surface area contributed by atoms with Crippen molar-refractivity contribution in [3.63, 3.8) is 0 Å². The summed E-state index contributed by atoms with van der Waals surface area (Å²) in [5, 5.41) is 10.3. The number of fused-ring (bicyclic) bond motifs is 4. The van der Waals surface area contributed by atoms with Gasteiger partial charge in [0, 0.05) is 34.1 Å². The lowest BCUT2D eigenvalue weighted by Crippen LogP contribution is -2.26. The molecule has 0 aliphatic rings. The number of aromatic amines is 1. The van der Waals surface area contributed by atoms with Gasteiger partial charge < -0.3 is 24.3 Å². The molecule has 0 bridgehead atoms. The predicted molar refractivity (Wildman–Crippen MR) is 160 cm³/mol. The van der Waals surface area contributed by atoms with Gasteiger partial charge in [0.05, 0.1) is 43.0 Å². The zero-order chi connectivity index (χ0) is 29.5. The van der Waals surface area contributed by atoms with Gasteiger partial charge in [0.15, 0.2) is 0 Å². The predicted octanol–water partition coefficient (Wildman–Crippen LogP) is 5.81. The molecule has 10 heteroatoms. The Kier molecular flexibility index (Phi) is 6.82. The van der Waals surface area contributed by atoms with Crippen LogP contribution in [0.4, 0.5) is 0 Å². The minimum absolute atomic E-state index is 0.0957. The van der Waals surface area contributed by atoms with E-state index in [1.165, 1.54) is 7.11 Å². The number of rotatable bonds is 7. The number of aromatic nitrogens is 4. The van der Waals surface area contributed by atoms with Crippen LogP contribution in [0.15, 0.2) is 53.1 Å². The average Bonchev–Trinajstić information content (AvgIpc) is 3.52. The molecule has 0 spiro atoms. The smallest absolute Gasteiger partial charge is 0.307 e. The largest absolute Gasteiger partial charge is 0.496 e. The number of carbonyl (C=O) groups is 2. The molecular weight excluding hydrogens is 534 g/mol. The molecule has 2 N–H and O–H groups in total. The van der Waals surface area contributed by atoms with E-state index in [-0.39, 0.29) is 24.8 Å². The number of amides is 1. The highest BCUT2D eigenvalue weighted by molar-refractivity contribution is 6.17. The summed E-state index contributed by atoms with van der Waals surface area (Å²) < 4.78 is 15.9. The maximum Gasteiger partial charge on any atom is 0.307 e. The number of ether oxygens (including phenoxy) is 2. The van der Waals surface area contributed by atoms with Crippen molar-refractivity contribution in [1.29, 1.82) is 0 Å². The first-order valence-corrected chi connectivity index (χ1v) is 13.5. The van der Waals surface area contributed by atoms with Gasteiger partial charge in [-0.25, -0.2) is 9.97 Å². The Bertz CT molecular complexity index is 2000. The third-order valence-corrected chi connectivity index (χ3v) is 7.45. The van der Waals surface area contributed by atoms with E-state index in [0.717, 1.165) is 55.1 Å². The fourth-order valence-electron chi connectivity index (χ4n) is 5.54. The van der Waals surface area contributed by atoms with Crippen molar-refractivity contribution in [2.75, 3.05) is 20.8 Å². The van der Waals surface area contributed by atoms with E-state index in [2.05, 4.69) is 20.2 Å². The number of H-pyrrole nitrogens is 1. The van der Waals surface area contributed by atoms with Crippen LogP contribution in [-0.2, 0) is 9.53 Å². The van der Waals surface area contributed by atoms with Crippen LogP contribution in [0.25, 0.3) is 55.1 Å². The molecule has 0 saturated heterocycles. The molecule has 3 aromatic carbocycles. The molecule has 10 nitrogen and oxygen atoms in total. The van der Waals surface area contributed by atoms with Crippen LogP contribution in [-0.4, -0.2) is 52.7 Å². The molecule has 212 valence electrons. The molecule has 0 radical (unpaired) electrons. The summed E-state index contributed by atoms with van der Waals surface area (Å²) in [4.78, 5) is 37.7. The van der Waals surface area contributed by atoms with Crippen molar-refractivity contribution in [3.05, 3.63) is 71.4 Å². The monoisotopic (exact) mass is 563 g/mol. The second kappa shape index (κ2) is 10.6. The average molecular weight is 564 g/mol. The molecule has 3 heterocycles. The molecule has 1 amide bonds. The highest BCUT2D eigenvalue weighted by Crippen LogP contribution is 2.42. The van der Waals surface area contributed by atoms with Gasteiger partial charge in [-0.15, -0.1) is 0 Å². The molecule has 0 fully saturated rings. The van der Waals surface area contributed by atoms with Gasteiger partial charge in [0.1, 0.15) is 23.0 Å². The molecule has 0 aliphatic carbocycles. The third-order valence-electron chi connectivity index (χ3n) is 7.45. The Balaban J connectivity index is 1.53. The van der Waals surface area contributed by atoms with E-state index in [9.17, 15) is 9.59 Å². The zero-order valence-corrected chi connectivity index (χ0v) is 23.9. The third kappa shape index (κ3) is 4.50. The number of hydrogen-bond donors (Lipinski definition) is 2. The summed E-state index contributed by atoms with van der Waals surface area (Å²) in [7, 11) is 2.96. The van der Waals surface area contributed by atoms with E-state index in [4.69, 9.17) is 19.2 Å². The summed E-state index contributed by atoms with van der Waals surface area (Å²) in [6, 6.07) is 15.4. The van der Waals surface area contributed by atoms with E-state index in [1.807, 2.05) is 63.2 Å². The second-order valence-electron chi connectivity index (χ2n) is 10.1. The maximum atomic E-state index is 13.1. The van der Waals surface area contributed by atoms with E-state index >= 15 is 0 Å². The van der Waals surface area contributed by atoms with Gasteiger partial charge in [-0.05, 0) is 49.7 Å². The van der Waals surface area contributed by atoms with Gasteiger partial charge in [-0.3, -0.25) is 9.59 Å². The van der Waals surface area contributed by atoms with E-state index in [0.29, 0.717) is 28.5 Å². The summed E-state index contributed by atoms with van der Waals surface area (Å²) in [5.41, 5.74) is 6.21. The standard InChI is InChI=1S/C32H29N5O5/c1-16-28(17(2)42-37-16)24-14-25-23(15-26(24)40-4)29-30(34-18(3)35-31(29)36-25)21-10-11-22(20-9-7-6-8-19(20)21)32(39)33-13-12-27(38)41-5/h6-11,14-15H,12-13H2,1-5H3,(H,33,39)(H,34,35,36). The molecule has 3 aromatic heterocycles. The van der Waals surface area contributed by atoms with Gasteiger partial charge in [-0.1, -0.05) is 35.5 Å². The Morgan fingerprint density at radius 3 is 2.45 bits per heavy atom. The first-order valence-electron chi connectivity index (χ1n) is 13.5. The number of nitrogens with zero attached hydrogens (tertiary/aromatic N) is 3. The van der Waals surface area contributed by atoms with Gasteiger partial charge >= 0.3 is 5.97 Å². The van der Waals surface area contributed by atoms with Crippen molar-refractivity contribution in [1.82, 2.24) is 25.4 Å². The Morgan fingerprint density at radius 2 is 1.74 bits per heavy atom. The van der Waals surface area contributed by atoms with Crippen LogP contribution in [0.3, 0.4) is 0 Å². The van der Waals surface area contributed by atoms with Crippen LogP contribution in [0, 0.1) is 20.8 Å². The van der Waals surface area contributed by atoms with Crippen molar-refractivity contribution < 1.29 is 23.6 Å². The highest BCUT2D eigenvalue weighted by atomic mass is 16.5. The minimum atomic E-state index is -0.382. The lowest BCUT2D eigenvalue weighted by Gasteiger charge is -2.13. The Hall–Kier alpha value is -5.25. The molecule has 0 aliphatic heterocycles. The maximum absolute atomic E-state index is 13.1. The molecule has 0 unspecified atom stereocenters. The lowest BCUT2D eigenvalue weighted by atomic mass is 9.95. The Labute approximate surface area is 241 Å². The SMILES string of the molecule is COC(=O)CCNC(=O)c1ccc(-c2nc(C)nc3[nH]c4cc(-c5c(C)noc5C)c(OC)cc4c23)c2ccccc12. The number of aryl methyl sites for hydroxylation is 3. The zero-order valence-electron chi connectivity index (χ0n) is 23.9. The summed E-state index contributed by atoms with van der Waals surface area (Å²) >= 11 is 0. The second-order valence-corrected chi connectivity index (χ2v) is 10.1. The fraction of sp³-hybridized carbons (Fsp3) is 0.219. The van der Waals surface area contributed by atoms with Crippen LogP contribution in [0.5, 0.6) is 5.75 Å². The number of hydrogen-bond acceptors (Lipinski definition) is 8. The van der Waals surface area contributed by atoms with Crippen molar-refractivity contribution in [2.24, 2.45) is 0 Å². The van der Waals surface area contributed by atoms with E-state index < -0.39 is 0 Å². The first-order chi connectivity index (χ1) is 20.3. The van der Waals surface area contributed by atoms with Crippen LogP contribution in [0.1, 0.15) is 34.1 Å². The van der Waals surface area contributed by atoms with Gasteiger partial charge in [-0.2, -0.15) is 0 Å². The molecule has 0 atom stereocenters. The number of benzene rings is 3. The van der Waals surface area contributed by atoms with Crippen molar-refractivity contribution in [3.8, 4) is 28.1 Å². The van der Waals surface area contributed by atoms with E-state index in [1.54, 1.807) is 13.2 Å². The molecule has 6 aromatic rings. The van der Waals surface area contributed by atoms with Gasteiger partial charge in [0.2, 0.25) is 0 Å².